The third-order valence-corrected chi connectivity index (χ3v) is 4.50. The number of nitrogens with zero attached hydrogens (tertiary/aromatic N) is 2. The van der Waals surface area contributed by atoms with Crippen LogP contribution in [0.4, 0.5) is 11.4 Å². The monoisotopic (exact) mass is 379 g/mol. The van der Waals surface area contributed by atoms with Crippen LogP contribution >= 0.6 is 12.4 Å². The van der Waals surface area contributed by atoms with E-state index in [4.69, 9.17) is 5.73 Å². The van der Waals surface area contributed by atoms with Crippen LogP contribution in [0, 0.1) is 10.1 Å². The number of aromatic nitrogens is 2. The summed E-state index contributed by atoms with van der Waals surface area (Å²) in [6, 6.07) is 5.45. The average Bonchev–Trinajstić information content (AvgIpc) is 2.99. The first-order valence-corrected chi connectivity index (χ1v) is 8.42. The summed E-state index contributed by atoms with van der Waals surface area (Å²) in [4.78, 5) is 23.4. The van der Waals surface area contributed by atoms with Gasteiger partial charge in [-0.05, 0) is 48.9 Å². The maximum absolute atomic E-state index is 12.6. The molecule has 1 aromatic heterocycles. The highest BCUT2D eigenvalue weighted by atomic mass is 35.5. The molecule has 9 heteroatoms. The number of benzene rings is 1. The molecule has 4 N–H and O–H groups in total. The van der Waals surface area contributed by atoms with E-state index in [-0.39, 0.29) is 29.8 Å². The summed E-state index contributed by atoms with van der Waals surface area (Å²) in [5.74, 6) is -0.528. The molecular formula is C17H22ClN5O3. The van der Waals surface area contributed by atoms with Crippen LogP contribution in [0.25, 0.3) is 0 Å². The molecule has 0 aliphatic heterocycles. The van der Waals surface area contributed by atoms with Gasteiger partial charge in [0, 0.05) is 5.69 Å². The Morgan fingerprint density at radius 3 is 2.96 bits per heavy atom. The maximum atomic E-state index is 12.6. The number of anilines is 1. The maximum Gasteiger partial charge on any atom is 0.322 e. The van der Waals surface area contributed by atoms with Crippen LogP contribution in [0.3, 0.4) is 0 Å². The molecule has 0 bridgehead atoms. The van der Waals surface area contributed by atoms with Gasteiger partial charge in [-0.1, -0.05) is 19.4 Å². The topological polar surface area (TPSA) is 127 Å². The third-order valence-electron chi connectivity index (χ3n) is 4.50. The molecule has 3 rings (SSSR count). The standard InChI is InChI=1S/C17H21N5O3.ClH/c1-2-4-14-16(22(24)25)15(21-20-14)17(23)19-13-6-3-5-10-9-11(18)7-8-12(10)13;/h7-9,13H,2-6,18H2,1H3,(H,19,23)(H,20,21);1H. The molecule has 0 saturated heterocycles. The van der Waals surface area contributed by atoms with E-state index >= 15 is 0 Å². The lowest BCUT2D eigenvalue weighted by molar-refractivity contribution is -0.385. The van der Waals surface area contributed by atoms with Gasteiger partial charge in [0.15, 0.2) is 0 Å². The molecule has 0 spiro atoms. The highest BCUT2D eigenvalue weighted by Gasteiger charge is 2.31. The number of nitrogens with two attached hydrogens (primary N) is 1. The third kappa shape index (κ3) is 3.80. The molecule has 8 nitrogen and oxygen atoms in total. The van der Waals surface area contributed by atoms with E-state index in [1.165, 1.54) is 0 Å². The predicted molar refractivity (Wildman–Crippen MR) is 100 cm³/mol. The van der Waals surface area contributed by atoms with E-state index < -0.39 is 10.8 Å². The van der Waals surface area contributed by atoms with Gasteiger partial charge >= 0.3 is 5.69 Å². The molecule has 2 aromatic rings. The second-order valence-electron chi connectivity index (χ2n) is 6.28. The Morgan fingerprint density at radius 2 is 2.27 bits per heavy atom. The lowest BCUT2D eigenvalue weighted by Gasteiger charge is -2.26. The quantitative estimate of drug-likeness (QED) is 0.418. The lowest BCUT2D eigenvalue weighted by atomic mass is 9.87. The van der Waals surface area contributed by atoms with Crippen LogP contribution < -0.4 is 11.1 Å². The van der Waals surface area contributed by atoms with Crippen LogP contribution in [-0.2, 0) is 12.8 Å². The number of carbonyl (C=O) groups is 1. The number of aromatic amines is 1. The molecular weight excluding hydrogens is 358 g/mol. The summed E-state index contributed by atoms with van der Waals surface area (Å²) >= 11 is 0. The number of aryl methyl sites for hydroxylation is 2. The Morgan fingerprint density at radius 1 is 1.50 bits per heavy atom. The molecule has 1 aromatic carbocycles. The van der Waals surface area contributed by atoms with Gasteiger partial charge in [0.1, 0.15) is 5.69 Å². The first-order valence-electron chi connectivity index (χ1n) is 8.42. The number of hydrogen-bond acceptors (Lipinski definition) is 5. The van der Waals surface area contributed by atoms with Crippen LogP contribution in [-0.4, -0.2) is 21.0 Å². The number of hydrogen-bond donors (Lipinski definition) is 3. The number of halogens is 1. The van der Waals surface area contributed by atoms with Crippen molar-refractivity contribution in [1.82, 2.24) is 15.5 Å². The molecule has 1 aliphatic rings. The average molecular weight is 380 g/mol. The summed E-state index contributed by atoms with van der Waals surface area (Å²) < 4.78 is 0. The van der Waals surface area contributed by atoms with Crippen LogP contribution in [0.1, 0.15) is 59.5 Å². The van der Waals surface area contributed by atoms with Crippen molar-refractivity contribution < 1.29 is 9.72 Å². The minimum absolute atomic E-state index is 0. The van der Waals surface area contributed by atoms with E-state index in [0.29, 0.717) is 17.8 Å². The molecule has 1 aliphatic carbocycles. The van der Waals surface area contributed by atoms with E-state index in [1.54, 1.807) is 6.07 Å². The van der Waals surface area contributed by atoms with Gasteiger partial charge in [0.05, 0.1) is 11.0 Å². The van der Waals surface area contributed by atoms with Crippen LogP contribution in [0.5, 0.6) is 0 Å². The predicted octanol–water partition coefficient (Wildman–Crippen LogP) is 3.08. The van der Waals surface area contributed by atoms with Crippen molar-refractivity contribution in [3.63, 3.8) is 0 Å². The smallest absolute Gasteiger partial charge is 0.322 e. The fourth-order valence-corrected chi connectivity index (χ4v) is 3.36. The van der Waals surface area contributed by atoms with Crippen molar-refractivity contribution in [2.24, 2.45) is 0 Å². The second kappa shape index (κ2) is 8.18. The Bertz CT molecular complexity index is 821. The first kappa shape index (κ1) is 19.7. The van der Waals surface area contributed by atoms with Gasteiger partial charge in [0.2, 0.25) is 5.69 Å². The Kier molecular flexibility index (Phi) is 6.20. The minimum atomic E-state index is -0.543. The molecule has 140 valence electrons. The number of amides is 1. The van der Waals surface area contributed by atoms with Crippen molar-refractivity contribution in [1.29, 1.82) is 0 Å². The summed E-state index contributed by atoms with van der Waals surface area (Å²) in [5.41, 5.74) is 8.64. The van der Waals surface area contributed by atoms with Crippen molar-refractivity contribution >= 4 is 29.7 Å². The number of fused-ring (bicyclic) bond motifs is 1. The zero-order valence-corrected chi connectivity index (χ0v) is 15.3. The minimum Gasteiger partial charge on any atom is -0.399 e. The Hall–Kier alpha value is -2.61. The number of H-pyrrole nitrogens is 1. The van der Waals surface area contributed by atoms with Gasteiger partial charge in [-0.3, -0.25) is 20.0 Å². The SMILES string of the molecule is CCCc1[nH]nc(C(=O)NC2CCCc3cc(N)ccc32)c1[N+](=O)[O-].Cl. The molecule has 0 saturated carbocycles. The van der Waals surface area contributed by atoms with Crippen LogP contribution in [0.2, 0.25) is 0 Å². The Labute approximate surface area is 157 Å². The molecule has 1 amide bonds. The summed E-state index contributed by atoms with van der Waals surface area (Å²) in [5, 5.41) is 20.8. The highest BCUT2D eigenvalue weighted by Crippen LogP contribution is 2.32. The van der Waals surface area contributed by atoms with Crippen molar-refractivity contribution in [3.8, 4) is 0 Å². The molecule has 1 unspecified atom stereocenters. The van der Waals surface area contributed by atoms with Gasteiger partial charge in [-0.25, -0.2) is 0 Å². The molecule has 1 heterocycles. The highest BCUT2D eigenvalue weighted by molar-refractivity contribution is 5.96. The number of rotatable bonds is 5. The first-order chi connectivity index (χ1) is 12.0. The summed E-state index contributed by atoms with van der Waals surface area (Å²) in [7, 11) is 0. The fraction of sp³-hybridized carbons (Fsp3) is 0.412. The van der Waals surface area contributed by atoms with Crippen molar-refractivity contribution in [2.75, 3.05) is 5.73 Å². The number of nitro groups is 1. The molecule has 0 fully saturated rings. The van der Waals surface area contributed by atoms with E-state index in [0.717, 1.165) is 36.8 Å². The molecule has 0 radical (unpaired) electrons. The van der Waals surface area contributed by atoms with E-state index in [2.05, 4.69) is 15.5 Å². The number of carbonyl (C=O) groups excluding carboxylic acids is 1. The van der Waals surface area contributed by atoms with Gasteiger partial charge in [-0.2, -0.15) is 5.10 Å². The van der Waals surface area contributed by atoms with Gasteiger partial charge in [-0.15, -0.1) is 12.4 Å². The van der Waals surface area contributed by atoms with Gasteiger partial charge in [0.25, 0.3) is 5.91 Å². The largest absolute Gasteiger partial charge is 0.399 e. The Balaban J connectivity index is 0.00000243. The lowest BCUT2D eigenvalue weighted by Crippen LogP contribution is -2.31. The second-order valence-corrected chi connectivity index (χ2v) is 6.28. The normalized spacial score (nSPS) is 15.7. The number of nitrogens with one attached hydrogen (secondary N) is 2. The van der Waals surface area contributed by atoms with Gasteiger partial charge < -0.3 is 11.1 Å². The van der Waals surface area contributed by atoms with E-state index in [9.17, 15) is 14.9 Å². The van der Waals surface area contributed by atoms with Crippen LogP contribution in [0.15, 0.2) is 18.2 Å². The van der Waals surface area contributed by atoms with Crippen molar-refractivity contribution in [2.45, 2.75) is 45.1 Å². The number of nitrogen functional groups attached to an aromatic ring is 1. The van der Waals surface area contributed by atoms with E-state index in [1.807, 2.05) is 19.1 Å². The zero-order chi connectivity index (χ0) is 18.0. The fourth-order valence-electron chi connectivity index (χ4n) is 3.36. The summed E-state index contributed by atoms with van der Waals surface area (Å²) in [6.07, 6.45) is 3.81. The molecule has 26 heavy (non-hydrogen) atoms. The zero-order valence-electron chi connectivity index (χ0n) is 14.4. The molecule has 1 atom stereocenters. The van der Waals surface area contributed by atoms with Crippen molar-refractivity contribution in [3.05, 3.63) is 50.8 Å². The summed E-state index contributed by atoms with van der Waals surface area (Å²) in [6.45, 7) is 1.91.